The third-order valence-corrected chi connectivity index (χ3v) is 4.09. The highest BCUT2D eigenvalue weighted by Crippen LogP contribution is 2.27. The fourth-order valence-electron chi connectivity index (χ4n) is 3.13. The SMILES string of the molecule is CC(C)(C)OC(=O)NCC1CCn2c(cc3ccccc32)C1. The molecule has 0 saturated carbocycles. The van der Waals surface area contributed by atoms with Gasteiger partial charge in [-0.15, -0.1) is 0 Å². The topological polar surface area (TPSA) is 43.3 Å². The Morgan fingerprint density at radius 2 is 2.14 bits per heavy atom. The van der Waals surface area contributed by atoms with Crippen molar-refractivity contribution in [3.8, 4) is 0 Å². The lowest BCUT2D eigenvalue weighted by molar-refractivity contribution is 0.0516. The summed E-state index contributed by atoms with van der Waals surface area (Å²) in [6, 6.07) is 10.8. The first-order chi connectivity index (χ1) is 10.4. The Kier molecular flexibility index (Phi) is 3.85. The van der Waals surface area contributed by atoms with Crippen LogP contribution in [-0.4, -0.2) is 22.8 Å². The zero-order valence-corrected chi connectivity index (χ0v) is 13.6. The molecule has 4 heteroatoms. The number of ether oxygens (including phenoxy) is 1. The minimum atomic E-state index is -0.441. The standard InChI is InChI=1S/C18H24N2O2/c1-18(2,3)22-17(21)19-12-13-8-9-20-15(10-13)11-14-6-4-5-7-16(14)20/h4-7,11,13H,8-10,12H2,1-3H3,(H,19,21). The number of para-hydroxylation sites is 1. The molecule has 1 aromatic heterocycles. The molecule has 1 atom stereocenters. The number of amides is 1. The molecule has 0 bridgehead atoms. The Hall–Kier alpha value is -1.97. The van der Waals surface area contributed by atoms with Crippen LogP contribution in [0.2, 0.25) is 0 Å². The number of alkyl carbamates (subject to hydrolysis) is 1. The molecule has 0 radical (unpaired) electrons. The van der Waals surface area contributed by atoms with Crippen molar-refractivity contribution < 1.29 is 9.53 Å². The lowest BCUT2D eigenvalue weighted by Gasteiger charge is -2.26. The maximum absolute atomic E-state index is 11.7. The average molecular weight is 300 g/mol. The molecule has 1 aromatic carbocycles. The minimum Gasteiger partial charge on any atom is -0.444 e. The van der Waals surface area contributed by atoms with Crippen LogP contribution in [0.15, 0.2) is 30.3 Å². The summed E-state index contributed by atoms with van der Waals surface area (Å²) in [6.45, 7) is 7.34. The van der Waals surface area contributed by atoms with Crippen LogP contribution in [0.5, 0.6) is 0 Å². The van der Waals surface area contributed by atoms with Crippen LogP contribution in [0.4, 0.5) is 4.79 Å². The Labute approximate surface area is 131 Å². The van der Waals surface area contributed by atoms with Gasteiger partial charge in [0.2, 0.25) is 0 Å². The normalized spacial score (nSPS) is 18.0. The highest BCUT2D eigenvalue weighted by atomic mass is 16.6. The van der Waals surface area contributed by atoms with Gasteiger partial charge >= 0.3 is 6.09 Å². The van der Waals surface area contributed by atoms with E-state index in [1.165, 1.54) is 16.6 Å². The third-order valence-electron chi connectivity index (χ3n) is 4.09. The van der Waals surface area contributed by atoms with Gasteiger partial charge in [0.05, 0.1) is 0 Å². The molecule has 1 unspecified atom stereocenters. The summed E-state index contributed by atoms with van der Waals surface area (Å²) in [5.41, 5.74) is 2.24. The Morgan fingerprint density at radius 3 is 2.91 bits per heavy atom. The van der Waals surface area contributed by atoms with Gasteiger partial charge in [0.25, 0.3) is 0 Å². The van der Waals surface area contributed by atoms with Gasteiger partial charge in [-0.05, 0) is 57.0 Å². The Morgan fingerprint density at radius 1 is 1.36 bits per heavy atom. The number of hydrogen-bond donors (Lipinski definition) is 1. The molecule has 1 amide bonds. The van der Waals surface area contributed by atoms with Gasteiger partial charge in [0, 0.05) is 24.3 Å². The first-order valence-corrected chi connectivity index (χ1v) is 7.96. The first-order valence-electron chi connectivity index (χ1n) is 7.96. The fourth-order valence-corrected chi connectivity index (χ4v) is 3.13. The molecule has 22 heavy (non-hydrogen) atoms. The van der Waals surface area contributed by atoms with Crippen LogP contribution in [0.1, 0.15) is 32.9 Å². The van der Waals surface area contributed by atoms with Gasteiger partial charge < -0.3 is 14.6 Å². The van der Waals surface area contributed by atoms with Gasteiger partial charge in [0.1, 0.15) is 5.60 Å². The molecule has 3 rings (SSSR count). The maximum Gasteiger partial charge on any atom is 0.407 e. The predicted molar refractivity (Wildman–Crippen MR) is 88.0 cm³/mol. The second-order valence-electron chi connectivity index (χ2n) is 7.09. The summed E-state index contributed by atoms with van der Waals surface area (Å²) in [5.74, 6) is 0.476. The summed E-state index contributed by atoms with van der Waals surface area (Å²) >= 11 is 0. The van der Waals surface area contributed by atoms with Crippen molar-refractivity contribution in [2.75, 3.05) is 6.54 Å². The molecule has 2 heterocycles. The van der Waals surface area contributed by atoms with Crippen molar-refractivity contribution in [1.82, 2.24) is 9.88 Å². The lowest BCUT2D eigenvalue weighted by Crippen LogP contribution is -2.37. The van der Waals surface area contributed by atoms with Crippen LogP contribution in [-0.2, 0) is 17.7 Å². The largest absolute Gasteiger partial charge is 0.444 e. The van der Waals surface area contributed by atoms with Crippen LogP contribution < -0.4 is 5.32 Å². The number of nitrogens with one attached hydrogen (secondary N) is 1. The molecule has 0 saturated heterocycles. The second-order valence-corrected chi connectivity index (χ2v) is 7.09. The van der Waals surface area contributed by atoms with Crippen molar-refractivity contribution in [1.29, 1.82) is 0 Å². The molecular weight excluding hydrogens is 276 g/mol. The molecule has 1 N–H and O–H groups in total. The molecule has 118 valence electrons. The van der Waals surface area contributed by atoms with Crippen LogP contribution >= 0.6 is 0 Å². The van der Waals surface area contributed by atoms with E-state index >= 15 is 0 Å². The summed E-state index contributed by atoms with van der Waals surface area (Å²) in [7, 11) is 0. The van der Waals surface area contributed by atoms with Crippen molar-refractivity contribution >= 4 is 17.0 Å². The molecule has 0 fully saturated rings. The zero-order chi connectivity index (χ0) is 15.7. The number of aryl methyl sites for hydroxylation is 1. The number of benzene rings is 1. The molecule has 1 aliphatic heterocycles. The van der Waals surface area contributed by atoms with E-state index in [0.717, 1.165) is 19.4 Å². The van der Waals surface area contributed by atoms with Gasteiger partial charge in [0.15, 0.2) is 0 Å². The van der Waals surface area contributed by atoms with E-state index in [1.807, 2.05) is 20.8 Å². The summed E-state index contributed by atoms with van der Waals surface area (Å²) in [4.78, 5) is 11.7. The minimum absolute atomic E-state index is 0.321. The van der Waals surface area contributed by atoms with Gasteiger partial charge in [-0.3, -0.25) is 0 Å². The molecule has 0 spiro atoms. The highest BCUT2D eigenvalue weighted by Gasteiger charge is 2.22. The van der Waals surface area contributed by atoms with E-state index in [2.05, 4.69) is 40.2 Å². The lowest BCUT2D eigenvalue weighted by atomic mass is 9.96. The second kappa shape index (κ2) is 5.67. The number of carbonyl (C=O) groups is 1. The van der Waals surface area contributed by atoms with E-state index in [-0.39, 0.29) is 6.09 Å². The smallest absolute Gasteiger partial charge is 0.407 e. The van der Waals surface area contributed by atoms with Gasteiger partial charge in [-0.1, -0.05) is 18.2 Å². The van der Waals surface area contributed by atoms with Crippen LogP contribution in [0.25, 0.3) is 10.9 Å². The van der Waals surface area contributed by atoms with Crippen LogP contribution in [0, 0.1) is 5.92 Å². The predicted octanol–water partition coefficient (Wildman–Crippen LogP) is 3.73. The van der Waals surface area contributed by atoms with Crippen molar-refractivity contribution in [2.24, 2.45) is 5.92 Å². The number of rotatable bonds is 2. The van der Waals surface area contributed by atoms with Crippen LogP contribution in [0.3, 0.4) is 0 Å². The van der Waals surface area contributed by atoms with Crippen molar-refractivity contribution in [2.45, 2.75) is 45.8 Å². The number of hydrogen-bond acceptors (Lipinski definition) is 2. The summed E-state index contributed by atoms with van der Waals surface area (Å²) in [5, 5.41) is 4.21. The summed E-state index contributed by atoms with van der Waals surface area (Å²) in [6.07, 6.45) is 1.77. The highest BCUT2D eigenvalue weighted by molar-refractivity contribution is 5.81. The van der Waals surface area contributed by atoms with Crippen molar-refractivity contribution in [3.63, 3.8) is 0 Å². The zero-order valence-electron chi connectivity index (χ0n) is 13.6. The Balaban J connectivity index is 1.61. The fraction of sp³-hybridized carbons (Fsp3) is 0.500. The monoisotopic (exact) mass is 300 g/mol. The van der Waals surface area contributed by atoms with Crippen molar-refractivity contribution in [3.05, 3.63) is 36.0 Å². The quantitative estimate of drug-likeness (QED) is 0.918. The maximum atomic E-state index is 11.7. The van der Waals surface area contributed by atoms with E-state index in [9.17, 15) is 4.79 Å². The number of carbonyl (C=O) groups excluding carboxylic acids is 1. The van der Waals surface area contributed by atoms with E-state index in [1.54, 1.807) is 0 Å². The molecule has 0 aliphatic carbocycles. The first kappa shape index (κ1) is 14.9. The van der Waals surface area contributed by atoms with E-state index < -0.39 is 5.60 Å². The molecule has 1 aliphatic rings. The van der Waals surface area contributed by atoms with E-state index in [0.29, 0.717) is 12.5 Å². The average Bonchev–Trinajstić information content (AvgIpc) is 2.81. The molecule has 2 aromatic rings. The Bertz CT molecular complexity index is 682. The summed E-state index contributed by atoms with van der Waals surface area (Å²) < 4.78 is 7.69. The number of aromatic nitrogens is 1. The number of fused-ring (bicyclic) bond motifs is 3. The van der Waals surface area contributed by atoms with Gasteiger partial charge in [-0.2, -0.15) is 0 Å². The third kappa shape index (κ3) is 3.26. The van der Waals surface area contributed by atoms with Gasteiger partial charge in [-0.25, -0.2) is 4.79 Å². The van der Waals surface area contributed by atoms with E-state index in [4.69, 9.17) is 4.74 Å². The molecular formula is C18H24N2O2. The molecule has 4 nitrogen and oxygen atoms in total. The number of nitrogens with zero attached hydrogens (tertiary/aromatic N) is 1.